The molecule has 4 bridgehead atoms. The molecule has 0 spiro atoms. The first-order valence-electron chi connectivity index (χ1n) is 17.3. The number of pyridine rings is 1. The molecule has 2 aromatic carbocycles. The van der Waals surface area contributed by atoms with Crippen LogP contribution in [-0.2, 0) is 33.6 Å². The van der Waals surface area contributed by atoms with Crippen LogP contribution >= 0.6 is 0 Å². The smallest absolute Gasteiger partial charge is 0.407 e. The summed E-state index contributed by atoms with van der Waals surface area (Å²) < 4.78 is 63.0. The van der Waals surface area contributed by atoms with E-state index in [0.717, 1.165) is 9.54 Å². The molecule has 0 unspecified atom stereocenters. The van der Waals surface area contributed by atoms with Gasteiger partial charge in [-0.25, -0.2) is 27.0 Å². The molecule has 13 nitrogen and oxygen atoms in total. The summed E-state index contributed by atoms with van der Waals surface area (Å²) in [6.07, 6.45) is 6.24. The van der Waals surface area contributed by atoms with E-state index in [4.69, 9.17) is 14.5 Å². The van der Waals surface area contributed by atoms with Crippen molar-refractivity contribution in [2.75, 3.05) is 6.61 Å². The standard InChI is InChI=1S/C38H38FN7O6S/c1-38(2,3)52-36(47)41-27-18-24-19-29(27)51-17-9-10-22-13-15-23(16-14-22)30-31-33-28(44(5)37(48)45(24)33)20-40-35(31)46(32(30)26-21-43(4)42-34(26)39)53(49,50)25-11-7-6-8-12-25/h6-16,20-21,24,27,29H,17-19H2,1-5H3,(H,41,47)/b10-9-/t24-,27-,29+/m0/s1. The topological polar surface area (TPSA) is 144 Å². The number of benzene rings is 2. The molecule has 1 N–H and O–H groups in total. The minimum atomic E-state index is -4.43. The third-order valence-corrected chi connectivity index (χ3v) is 11.5. The molecule has 6 aromatic rings. The number of amides is 1. The van der Waals surface area contributed by atoms with E-state index in [2.05, 4.69) is 10.4 Å². The number of hydrogen-bond donors (Lipinski definition) is 1. The number of hydrogen-bond acceptors (Lipinski definition) is 8. The molecular formula is C38H38FN7O6S. The molecule has 9 rings (SSSR count). The molecule has 53 heavy (non-hydrogen) atoms. The van der Waals surface area contributed by atoms with Gasteiger partial charge in [-0.1, -0.05) is 54.6 Å². The number of carbonyl (C=O) groups excluding carboxylic acids is 1. The number of nitrogens with zero attached hydrogens (tertiary/aromatic N) is 6. The van der Waals surface area contributed by atoms with Crippen LogP contribution in [0.25, 0.3) is 50.5 Å². The first-order chi connectivity index (χ1) is 25.2. The number of fused-ring (bicyclic) bond motifs is 4. The van der Waals surface area contributed by atoms with Gasteiger partial charge >= 0.3 is 11.8 Å². The van der Waals surface area contributed by atoms with E-state index in [1.54, 1.807) is 57.6 Å². The molecule has 1 amide bonds. The second kappa shape index (κ2) is 12.6. The highest BCUT2D eigenvalue weighted by molar-refractivity contribution is 7.90. The lowest BCUT2D eigenvalue weighted by molar-refractivity contribution is 0.0323. The lowest BCUT2D eigenvalue weighted by Gasteiger charge is -2.24. The van der Waals surface area contributed by atoms with Crippen LogP contribution in [0.5, 0.6) is 0 Å². The van der Waals surface area contributed by atoms with E-state index in [1.165, 1.54) is 33.8 Å². The van der Waals surface area contributed by atoms with Crippen LogP contribution in [0, 0.1) is 5.95 Å². The van der Waals surface area contributed by atoms with Crippen LogP contribution < -0.4 is 11.0 Å². The number of aromatic nitrogens is 6. The number of carbonyl (C=O) groups is 1. The highest BCUT2D eigenvalue weighted by Crippen LogP contribution is 2.46. The van der Waals surface area contributed by atoms with E-state index >= 15 is 4.39 Å². The number of alkyl carbamates (subject to hydrolysis) is 1. The van der Waals surface area contributed by atoms with E-state index in [0.29, 0.717) is 40.4 Å². The molecule has 2 aliphatic heterocycles. The zero-order chi connectivity index (χ0) is 37.4. The Morgan fingerprint density at radius 2 is 1.79 bits per heavy atom. The Morgan fingerprint density at radius 1 is 1.06 bits per heavy atom. The second-order valence-electron chi connectivity index (χ2n) is 14.5. The Balaban J connectivity index is 1.49. The Morgan fingerprint density at radius 3 is 2.47 bits per heavy atom. The Bertz CT molecular complexity index is 2610. The molecule has 1 fully saturated rings. The van der Waals surface area contributed by atoms with Crippen LogP contribution in [0.1, 0.15) is 45.2 Å². The van der Waals surface area contributed by atoms with Crippen molar-refractivity contribution in [3.63, 3.8) is 0 Å². The number of ether oxygens (including phenoxy) is 2. The molecule has 1 aliphatic carbocycles. The Hall–Kier alpha value is -5.54. The first kappa shape index (κ1) is 34.5. The number of halogens is 1. The van der Waals surface area contributed by atoms with Gasteiger partial charge in [0, 0.05) is 31.9 Å². The molecule has 0 radical (unpaired) electrons. The van der Waals surface area contributed by atoms with Crippen molar-refractivity contribution in [1.82, 2.24) is 33.2 Å². The molecule has 15 heteroatoms. The van der Waals surface area contributed by atoms with Gasteiger partial charge in [-0.05, 0) is 56.9 Å². The summed E-state index contributed by atoms with van der Waals surface area (Å²) in [5, 5.41) is 7.27. The predicted molar refractivity (Wildman–Crippen MR) is 197 cm³/mol. The Kier molecular flexibility index (Phi) is 8.18. The monoisotopic (exact) mass is 739 g/mol. The predicted octanol–water partition coefficient (Wildman–Crippen LogP) is 5.77. The van der Waals surface area contributed by atoms with Gasteiger partial charge in [0.15, 0.2) is 5.65 Å². The summed E-state index contributed by atoms with van der Waals surface area (Å²) in [5.41, 5.74) is 1.51. The molecule has 3 atom stereocenters. The minimum Gasteiger partial charge on any atom is -0.444 e. The lowest BCUT2D eigenvalue weighted by atomic mass is 9.98. The van der Waals surface area contributed by atoms with Crippen molar-refractivity contribution in [1.29, 1.82) is 0 Å². The molecule has 3 aliphatic rings. The van der Waals surface area contributed by atoms with Gasteiger partial charge in [-0.15, -0.1) is 5.10 Å². The number of nitrogens with one attached hydrogen (secondary N) is 1. The molecule has 4 aromatic heterocycles. The fourth-order valence-corrected chi connectivity index (χ4v) is 9.07. The summed E-state index contributed by atoms with van der Waals surface area (Å²) in [7, 11) is -1.25. The minimum absolute atomic E-state index is 0.0106. The number of rotatable bonds is 4. The van der Waals surface area contributed by atoms with Crippen molar-refractivity contribution >= 4 is 44.3 Å². The number of aryl methyl sites for hydroxylation is 2. The highest BCUT2D eigenvalue weighted by Gasteiger charge is 2.41. The van der Waals surface area contributed by atoms with E-state index in [-0.39, 0.29) is 34.1 Å². The fraction of sp³-hybridized carbons (Fsp3) is 0.316. The normalized spacial score (nSPS) is 19.5. The van der Waals surface area contributed by atoms with Gasteiger partial charge in [-0.2, -0.15) is 4.39 Å². The van der Waals surface area contributed by atoms with Gasteiger partial charge in [-0.3, -0.25) is 13.8 Å². The summed E-state index contributed by atoms with van der Waals surface area (Å²) in [6.45, 7) is 5.58. The second-order valence-corrected chi connectivity index (χ2v) is 16.3. The van der Waals surface area contributed by atoms with E-state index in [1.807, 2.05) is 36.4 Å². The maximum Gasteiger partial charge on any atom is 0.407 e. The Labute approximate surface area is 304 Å². The summed E-state index contributed by atoms with van der Waals surface area (Å²) >= 11 is 0. The van der Waals surface area contributed by atoms with Crippen molar-refractivity contribution < 1.29 is 27.1 Å². The molecule has 6 heterocycles. The van der Waals surface area contributed by atoms with Gasteiger partial charge < -0.3 is 14.8 Å². The first-order valence-corrected chi connectivity index (χ1v) is 18.7. The van der Waals surface area contributed by atoms with Crippen LogP contribution in [-0.4, -0.2) is 66.7 Å². The van der Waals surface area contributed by atoms with E-state index < -0.39 is 45.9 Å². The van der Waals surface area contributed by atoms with Crippen LogP contribution in [0.2, 0.25) is 0 Å². The molecule has 274 valence electrons. The fourth-order valence-electron chi connectivity index (χ4n) is 7.56. The summed E-state index contributed by atoms with van der Waals surface area (Å²) in [5.74, 6) is -0.875. The third-order valence-electron chi connectivity index (χ3n) is 9.77. The highest BCUT2D eigenvalue weighted by atomic mass is 32.2. The zero-order valence-electron chi connectivity index (χ0n) is 29.8. The lowest BCUT2D eigenvalue weighted by Crippen LogP contribution is -2.43. The quantitative estimate of drug-likeness (QED) is 0.240. The summed E-state index contributed by atoms with van der Waals surface area (Å²) in [6, 6.07) is 14.3. The van der Waals surface area contributed by atoms with Crippen molar-refractivity contribution in [2.24, 2.45) is 14.1 Å². The van der Waals surface area contributed by atoms with Crippen molar-refractivity contribution in [3.8, 4) is 22.4 Å². The largest absolute Gasteiger partial charge is 0.444 e. The maximum atomic E-state index is 16.0. The van der Waals surface area contributed by atoms with Gasteiger partial charge in [0.2, 0.25) is 5.95 Å². The number of imidazole rings is 1. The van der Waals surface area contributed by atoms with Crippen molar-refractivity contribution in [2.45, 2.75) is 62.3 Å². The van der Waals surface area contributed by atoms with Gasteiger partial charge in [0.05, 0.1) is 57.5 Å². The zero-order valence-corrected chi connectivity index (χ0v) is 30.6. The van der Waals surface area contributed by atoms with Crippen LogP contribution in [0.3, 0.4) is 0 Å². The SMILES string of the molecule is Cn1cc(-c2c3c4c(ncc5c4n(c(=O)n5C)[C@H]4C[C@H](NC(=O)OC(C)(C)C)[C@@H](C4)OC/C=C\c4ccc-3cc4)n2S(=O)(=O)c2ccccc2)c(F)n1. The van der Waals surface area contributed by atoms with Crippen molar-refractivity contribution in [3.05, 3.63) is 95.1 Å². The molecule has 0 saturated heterocycles. The maximum absolute atomic E-state index is 16.0. The van der Waals surface area contributed by atoms with Crippen LogP contribution in [0.15, 0.2) is 82.8 Å². The van der Waals surface area contributed by atoms with Crippen LogP contribution in [0.4, 0.5) is 9.18 Å². The van der Waals surface area contributed by atoms with Gasteiger partial charge in [0.1, 0.15) is 5.60 Å². The summed E-state index contributed by atoms with van der Waals surface area (Å²) in [4.78, 5) is 32.1. The molecular weight excluding hydrogens is 702 g/mol. The van der Waals surface area contributed by atoms with Gasteiger partial charge in [0.25, 0.3) is 10.0 Å². The molecule has 1 saturated carbocycles. The average molecular weight is 740 g/mol. The average Bonchev–Trinajstić information content (AvgIpc) is 3.83. The van der Waals surface area contributed by atoms with E-state index in [9.17, 15) is 18.0 Å². The third kappa shape index (κ3) is 5.83.